The molecule has 94 valence electrons. The molecule has 19 heavy (non-hydrogen) atoms. The number of nitrogens with one attached hydrogen (secondary N) is 1. The maximum absolute atomic E-state index is 12.0. The number of anilines is 1. The molecule has 0 bridgehead atoms. The van der Waals surface area contributed by atoms with Crippen LogP contribution in [0.5, 0.6) is 0 Å². The van der Waals surface area contributed by atoms with Gasteiger partial charge in [-0.1, -0.05) is 0 Å². The average Bonchev–Trinajstić information content (AvgIpc) is 3.00. The second-order valence-corrected chi connectivity index (χ2v) is 5.32. The number of carbonyl (C=O) groups excluding carboxylic acids is 1. The van der Waals surface area contributed by atoms with E-state index in [0.717, 1.165) is 24.8 Å². The standard InChI is InChI=1S/C13H10N4OS/c14-6-9-8-2-1-3-11(8)19-13(9)17-12(18)10-7-15-4-5-16-10/h4-5,7H,1-3H2,(H,17,18). The molecule has 1 aliphatic rings. The molecule has 0 unspecified atom stereocenters. The van der Waals surface area contributed by atoms with Crippen LogP contribution >= 0.6 is 11.3 Å². The predicted octanol–water partition coefficient (Wildman–Crippen LogP) is 2.15. The van der Waals surface area contributed by atoms with Crippen molar-refractivity contribution in [2.24, 2.45) is 0 Å². The summed E-state index contributed by atoms with van der Waals surface area (Å²) in [6.45, 7) is 0. The first-order valence-electron chi connectivity index (χ1n) is 5.91. The molecule has 0 aromatic carbocycles. The summed E-state index contributed by atoms with van der Waals surface area (Å²) in [7, 11) is 0. The lowest BCUT2D eigenvalue weighted by atomic mass is 10.1. The predicted molar refractivity (Wildman–Crippen MR) is 71.0 cm³/mol. The van der Waals surface area contributed by atoms with Crippen LogP contribution in [0.4, 0.5) is 5.00 Å². The Kier molecular flexibility index (Phi) is 2.97. The number of hydrogen-bond donors (Lipinski definition) is 1. The lowest BCUT2D eigenvalue weighted by Crippen LogP contribution is -2.13. The van der Waals surface area contributed by atoms with Crippen molar-refractivity contribution in [3.8, 4) is 6.07 Å². The molecule has 5 nitrogen and oxygen atoms in total. The van der Waals surface area contributed by atoms with Crippen LogP contribution in [0.1, 0.15) is 32.9 Å². The van der Waals surface area contributed by atoms with Gasteiger partial charge in [0, 0.05) is 17.3 Å². The highest BCUT2D eigenvalue weighted by Crippen LogP contribution is 2.38. The highest BCUT2D eigenvalue weighted by atomic mass is 32.1. The average molecular weight is 270 g/mol. The number of rotatable bonds is 2. The number of aromatic nitrogens is 2. The molecule has 1 aliphatic carbocycles. The Labute approximate surface area is 113 Å². The van der Waals surface area contributed by atoms with Crippen LogP contribution < -0.4 is 5.32 Å². The van der Waals surface area contributed by atoms with Gasteiger partial charge in [0.05, 0.1) is 11.8 Å². The molecule has 0 aliphatic heterocycles. The maximum Gasteiger partial charge on any atom is 0.276 e. The maximum atomic E-state index is 12.0. The molecule has 0 radical (unpaired) electrons. The number of aryl methyl sites for hydroxylation is 1. The van der Waals surface area contributed by atoms with Crippen LogP contribution in [0.25, 0.3) is 0 Å². The molecule has 0 saturated heterocycles. The first-order chi connectivity index (χ1) is 9.29. The molecule has 3 rings (SSSR count). The van der Waals surface area contributed by atoms with Crippen molar-refractivity contribution in [3.05, 3.63) is 40.3 Å². The van der Waals surface area contributed by atoms with E-state index in [1.165, 1.54) is 34.8 Å². The first kappa shape index (κ1) is 11.8. The third kappa shape index (κ3) is 2.09. The van der Waals surface area contributed by atoms with Gasteiger partial charge >= 0.3 is 0 Å². The fraction of sp³-hybridized carbons (Fsp3) is 0.231. The topological polar surface area (TPSA) is 78.7 Å². The second-order valence-electron chi connectivity index (χ2n) is 4.22. The van der Waals surface area contributed by atoms with Gasteiger partial charge in [0.25, 0.3) is 5.91 Å². The molecule has 1 amide bonds. The SMILES string of the molecule is N#Cc1c(NC(=O)c2cnccn2)sc2c1CCC2. The lowest BCUT2D eigenvalue weighted by Gasteiger charge is -2.02. The number of nitrogens with zero attached hydrogens (tertiary/aromatic N) is 3. The van der Waals surface area contributed by atoms with Crippen LogP contribution in [0.2, 0.25) is 0 Å². The van der Waals surface area contributed by atoms with Gasteiger partial charge in [-0.25, -0.2) is 4.98 Å². The molecule has 2 heterocycles. The van der Waals surface area contributed by atoms with E-state index in [9.17, 15) is 10.1 Å². The van der Waals surface area contributed by atoms with Crippen molar-refractivity contribution in [1.29, 1.82) is 5.26 Å². The Morgan fingerprint density at radius 1 is 1.42 bits per heavy atom. The Morgan fingerprint density at radius 3 is 3.05 bits per heavy atom. The number of hydrogen-bond acceptors (Lipinski definition) is 5. The fourth-order valence-electron chi connectivity index (χ4n) is 2.19. The van der Waals surface area contributed by atoms with Crippen molar-refractivity contribution in [1.82, 2.24) is 9.97 Å². The van der Waals surface area contributed by atoms with Gasteiger partial charge in [-0.15, -0.1) is 11.3 Å². The quantitative estimate of drug-likeness (QED) is 0.906. The van der Waals surface area contributed by atoms with E-state index >= 15 is 0 Å². The monoisotopic (exact) mass is 270 g/mol. The molecule has 0 atom stereocenters. The van der Waals surface area contributed by atoms with E-state index in [1.54, 1.807) is 0 Å². The van der Waals surface area contributed by atoms with Gasteiger partial charge in [-0.05, 0) is 24.8 Å². The minimum Gasteiger partial charge on any atom is -0.311 e. The largest absolute Gasteiger partial charge is 0.311 e. The smallest absolute Gasteiger partial charge is 0.276 e. The van der Waals surface area contributed by atoms with Gasteiger partial charge in [0.1, 0.15) is 16.8 Å². The Morgan fingerprint density at radius 2 is 2.32 bits per heavy atom. The molecule has 2 aromatic rings. The highest BCUT2D eigenvalue weighted by molar-refractivity contribution is 7.16. The van der Waals surface area contributed by atoms with Crippen molar-refractivity contribution in [2.75, 3.05) is 5.32 Å². The normalized spacial score (nSPS) is 12.8. The lowest BCUT2D eigenvalue weighted by molar-refractivity contribution is 0.102. The molecule has 0 spiro atoms. The third-order valence-corrected chi connectivity index (χ3v) is 4.26. The van der Waals surface area contributed by atoms with E-state index in [0.29, 0.717) is 10.6 Å². The Bertz CT molecular complexity index is 672. The minimum absolute atomic E-state index is 0.250. The number of carbonyl (C=O) groups is 1. The Balaban J connectivity index is 1.89. The van der Waals surface area contributed by atoms with E-state index < -0.39 is 0 Å². The molecule has 6 heteroatoms. The van der Waals surface area contributed by atoms with Gasteiger partial charge in [-0.3, -0.25) is 9.78 Å². The number of fused-ring (bicyclic) bond motifs is 1. The van der Waals surface area contributed by atoms with Crippen molar-refractivity contribution in [2.45, 2.75) is 19.3 Å². The Hall–Kier alpha value is -2.26. The summed E-state index contributed by atoms with van der Waals surface area (Å²) in [5.41, 5.74) is 1.96. The van der Waals surface area contributed by atoms with Gasteiger partial charge in [0.2, 0.25) is 0 Å². The summed E-state index contributed by atoms with van der Waals surface area (Å²) >= 11 is 1.49. The van der Waals surface area contributed by atoms with E-state index in [4.69, 9.17) is 0 Å². The summed E-state index contributed by atoms with van der Waals surface area (Å²) in [6, 6.07) is 2.19. The molecule has 1 N–H and O–H groups in total. The van der Waals surface area contributed by atoms with Crippen LogP contribution in [0.15, 0.2) is 18.6 Å². The van der Waals surface area contributed by atoms with Crippen LogP contribution in [0.3, 0.4) is 0 Å². The van der Waals surface area contributed by atoms with E-state index in [1.807, 2.05) is 0 Å². The van der Waals surface area contributed by atoms with Crippen LogP contribution in [0, 0.1) is 11.3 Å². The van der Waals surface area contributed by atoms with Crippen LogP contribution in [-0.4, -0.2) is 15.9 Å². The zero-order valence-corrected chi connectivity index (χ0v) is 10.8. The third-order valence-electron chi connectivity index (χ3n) is 3.06. The van der Waals surface area contributed by atoms with E-state index in [2.05, 4.69) is 21.4 Å². The molecule has 0 saturated carbocycles. The molecular formula is C13H10N4OS. The minimum atomic E-state index is -0.329. The summed E-state index contributed by atoms with van der Waals surface area (Å²) in [4.78, 5) is 21.0. The van der Waals surface area contributed by atoms with Gasteiger partial charge in [-0.2, -0.15) is 5.26 Å². The van der Waals surface area contributed by atoms with Gasteiger partial charge < -0.3 is 5.32 Å². The molecular weight excluding hydrogens is 260 g/mol. The first-order valence-corrected chi connectivity index (χ1v) is 6.73. The summed E-state index contributed by atoms with van der Waals surface area (Å²) in [6.07, 6.45) is 7.40. The number of nitriles is 1. The zero-order chi connectivity index (χ0) is 13.2. The number of thiophene rings is 1. The van der Waals surface area contributed by atoms with E-state index in [-0.39, 0.29) is 11.6 Å². The summed E-state index contributed by atoms with van der Waals surface area (Å²) < 4.78 is 0. The van der Waals surface area contributed by atoms with Crippen molar-refractivity contribution in [3.63, 3.8) is 0 Å². The van der Waals surface area contributed by atoms with Gasteiger partial charge in [0.15, 0.2) is 0 Å². The summed E-state index contributed by atoms with van der Waals surface area (Å²) in [5.74, 6) is -0.329. The highest BCUT2D eigenvalue weighted by Gasteiger charge is 2.23. The number of amides is 1. The second kappa shape index (κ2) is 4.78. The fourth-order valence-corrected chi connectivity index (χ4v) is 3.43. The van der Waals surface area contributed by atoms with Crippen LogP contribution in [-0.2, 0) is 12.8 Å². The molecule has 0 fully saturated rings. The van der Waals surface area contributed by atoms with Crippen molar-refractivity contribution < 1.29 is 4.79 Å². The molecule has 2 aromatic heterocycles. The van der Waals surface area contributed by atoms with Crippen molar-refractivity contribution >= 4 is 22.2 Å². The zero-order valence-electron chi connectivity index (χ0n) is 10.0. The summed E-state index contributed by atoms with van der Waals surface area (Å²) in [5, 5.41) is 12.6.